The van der Waals surface area contributed by atoms with Gasteiger partial charge in [0, 0.05) is 93.9 Å². The Kier molecular flexibility index (Phi) is 11.7. The van der Waals surface area contributed by atoms with E-state index in [4.69, 9.17) is 24.5 Å². The average molecular weight is 914 g/mol. The van der Waals surface area contributed by atoms with Crippen LogP contribution in [0.1, 0.15) is 70.9 Å². The molecule has 2 saturated carbocycles. The van der Waals surface area contributed by atoms with Crippen LogP contribution in [0.2, 0.25) is 0 Å². The summed E-state index contributed by atoms with van der Waals surface area (Å²) in [7, 11) is 1.52. The molecule has 5 aromatic rings. The van der Waals surface area contributed by atoms with Crippen LogP contribution in [-0.4, -0.2) is 123 Å². The maximum Gasteiger partial charge on any atom is 0.407 e. The molecule has 3 saturated heterocycles. The molecule has 5 fully saturated rings. The van der Waals surface area contributed by atoms with E-state index < -0.39 is 23.4 Å². The lowest BCUT2D eigenvalue weighted by Crippen LogP contribution is -2.51. The SMILES string of the molecule is COc1cc(N2CCN(C3CCC(n4cc(-c5cn6ncc(C#N)c6c(-c6ccc(N7C[C@@H]8C(CNC(=O)OC(C)(C)C)[C@@H]8C7)nc6)n5)cn4)CC3)CC2)c(F)cc1NC1CCC(=O)NC1=O. The number of hydrogen-bond acceptors (Lipinski definition) is 14. The highest BCUT2D eigenvalue weighted by molar-refractivity contribution is 6.01. The van der Waals surface area contributed by atoms with Crippen molar-refractivity contribution in [3.63, 3.8) is 0 Å². The number of rotatable bonds is 11. The minimum atomic E-state index is -0.645. The van der Waals surface area contributed by atoms with E-state index >= 15 is 4.39 Å². The largest absolute Gasteiger partial charge is 0.495 e. The lowest BCUT2D eigenvalue weighted by atomic mass is 9.90. The Balaban J connectivity index is 0.747. The van der Waals surface area contributed by atoms with E-state index in [2.05, 4.69) is 52.7 Å². The fraction of sp³-hybridized carbons (Fsp3) is 0.500. The normalized spacial score (nSPS) is 24.2. The maximum atomic E-state index is 15.6. The number of methoxy groups -OCH3 is 1. The summed E-state index contributed by atoms with van der Waals surface area (Å²) < 4.78 is 30.4. The number of amides is 3. The van der Waals surface area contributed by atoms with Gasteiger partial charge in [0.15, 0.2) is 0 Å². The van der Waals surface area contributed by atoms with E-state index in [1.807, 2.05) is 51.5 Å². The molecule has 5 aliphatic rings. The highest BCUT2D eigenvalue weighted by Gasteiger charge is 2.55. The summed E-state index contributed by atoms with van der Waals surface area (Å²) in [5.41, 5.74) is 4.33. The zero-order chi connectivity index (χ0) is 46.6. The van der Waals surface area contributed by atoms with Crippen molar-refractivity contribution in [2.45, 2.75) is 83.0 Å². The number of halogens is 1. The topological polar surface area (TPSA) is 200 Å². The third kappa shape index (κ3) is 9.06. The zero-order valence-electron chi connectivity index (χ0n) is 38.2. The number of imide groups is 1. The molecule has 10 rings (SSSR count). The molecule has 4 aromatic heterocycles. The minimum Gasteiger partial charge on any atom is -0.495 e. The molecule has 0 radical (unpaired) electrons. The van der Waals surface area contributed by atoms with E-state index in [1.165, 1.54) is 13.2 Å². The molecule has 18 nitrogen and oxygen atoms in total. The molecule has 3 aliphatic heterocycles. The monoisotopic (exact) mass is 913 g/mol. The first kappa shape index (κ1) is 44.0. The summed E-state index contributed by atoms with van der Waals surface area (Å²) in [6.07, 6.45) is 13.3. The Morgan fingerprint density at radius 1 is 0.940 bits per heavy atom. The third-order valence-corrected chi connectivity index (χ3v) is 14.2. The van der Waals surface area contributed by atoms with Gasteiger partial charge in [0.2, 0.25) is 11.8 Å². The van der Waals surface area contributed by atoms with Crippen LogP contribution in [0, 0.1) is 34.9 Å². The van der Waals surface area contributed by atoms with Crippen molar-refractivity contribution in [2.75, 3.05) is 68.0 Å². The van der Waals surface area contributed by atoms with Gasteiger partial charge in [0.25, 0.3) is 0 Å². The molecule has 4 atom stereocenters. The molecule has 2 unspecified atom stereocenters. The molecule has 0 bridgehead atoms. The van der Waals surface area contributed by atoms with Crippen LogP contribution >= 0.6 is 0 Å². The molecule has 3 amide bonds. The smallest absolute Gasteiger partial charge is 0.407 e. The van der Waals surface area contributed by atoms with Crippen LogP contribution in [0.25, 0.3) is 28.0 Å². The number of ether oxygens (including phenoxy) is 2. The van der Waals surface area contributed by atoms with Gasteiger partial charge >= 0.3 is 6.09 Å². The Bertz CT molecular complexity index is 2720. The fourth-order valence-corrected chi connectivity index (χ4v) is 10.6. The van der Waals surface area contributed by atoms with E-state index in [1.54, 1.807) is 16.8 Å². The zero-order valence-corrected chi connectivity index (χ0v) is 38.2. The first-order chi connectivity index (χ1) is 32.3. The van der Waals surface area contributed by atoms with Crippen molar-refractivity contribution in [1.82, 2.24) is 44.9 Å². The first-order valence-corrected chi connectivity index (χ1v) is 23.3. The van der Waals surface area contributed by atoms with Gasteiger partial charge in [-0.15, -0.1) is 0 Å². The molecule has 2 aliphatic carbocycles. The molecule has 67 heavy (non-hydrogen) atoms. The van der Waals surface area contributed by atoms with Crippen LogP contribution in [0.5, 0.6) is 5.75 Å². The van der Waals surface area contributed by atoms with E-state index in [0.717, 1.165) is 68.8 Å². The Labute approximate surface area is 387 Å². The Morgan fingerprint density at radius 2 is 1.70 bits per heavy atom. The summed E-state index contributed by atoms with van der Waals surface area (Å²) in [6, 6.07) is 9.38. The number of anilines is 3. The molecular formula is C48H56FN13O5. The molecule has 1 aromatic carbocycles. The fourth-order valence-electron chi connectivity index (χ4n) is 10.6. The lowest BCUT2D eigenvalue weighted by Gasteiger charge is -2.42. The number of piperazine rings is 1. The third-order valence-electron chi connectivity index (χ3n) is 14.2. The van der Waals surface area contributed by atoms with Gasteiger partial charge in [-0.05, 0) is 82.8 Å². The van der Waals surface area contributed by atoms with Crippen LogP contribution < -0.4 is 30.5 Å². The number of fused-ring (bicyclic) bond motifs is 2. The van der Waals surface area contributed by atoms with E-state index in [-0.39, 0.29) is 24.5 Å². The maximum absolute atomic E-state index is 15.6. The number of piperidine rings is 2. The minimum absolute atomic E-state index is 0.219. The number of carbonyl (C=O) groups excluding carboxylic acids is 3. The van der Waals surface area contributed by atoms with Crippen molar-refractivity contribution in [1.29, 1.82) is 5.26 Å². The second-order valence-corrected chi connectivity index (χ2v) is 19.5. The molecule has 3 N–H and O–H groups in total. The summed E-state index contributed by atoms with van der Waals surface area (Å²) in [5.74, 6) is 1.65. The van der Waals surface area contributed by atoms with Gasteiger partial charge in [-0.25, -0.2) is 23.7 Å². The second kappa shape index (κ2) is 17.8. The highest BCUT2D eigenvalue weighted by atomic mass is 19.1. The molecule has 7 heterocycles. The number of nitrogens with zero attached hydrogens (tertiary/aromatic N) is 10. The number of benzene rings is 1. The van der Waals surface area contributed by atoms with E-state index in [0.29, 0.717) is 89.4 Å². The van der Waals surface area contributed by atoms with Crippen molar-refractivity contribution in [3.8, 4) is 34.3 Å². The lowest BCUT2D eigenvalue weighted by molar-refractivity contribution is -0.133. The molecule has 0 spiro atoms. The van der Waals surface area contributed by atoms with Crippen LogP contribution in [0.15, 0.2) is 55.2 Å². The predicted octanol–water partition coefficient (Wildman–Crippen LogP) is 5.40. The molecular weight excluding hydrogens is 858 g/mol. The summed E-state index contributed by atoms with van der Waals surface area (Å²) >= 11 is 0. The number of alkyl carbamates (subject to hydrolysis) is 1. The molecule has 19 heteroatoms. The van der Waals surface area contributed by atoms with Crippen molar-refractivity contribution >= 4 is 40.6 Å². The van der Waals surface area contributed by atoms with E-state index in [9.17, 15) is 19.6 Å². The number of nitriles is 1. The van der Waals surface area contributed by atoms with Gasteiger partial charge in [-0.3, -0.25) is 24.5 Å². The number of hydrogen-bond donors (Lipinski definition) is 3. The first-order valence-electron chi connectivity index (χ1n) is 23.3. The summed E-state index contributed by atoms with van der Waals surface area (Å²) in [6.45, 7) is 10.9. The highest BCUT2D eigenvalue weighted by Crippen LogP contribution is 2.52. The van der Waals surface area contributed by atoms with Crippen molar-refractivity contribution in [3.05, 3.63) is 66.6 Å². The van der Waals surface area contributed by atoms with Gasteiger partial charge < -0.3 is 29.9 Å². The summed E-state index contributed by atoms with van der Waals surface area (Å²) in [5, 5.41) is 27.7. The van der Waals surface area contributed by atoms with Crippen LogP contribution in [0.3, 0.4) is 0 Å². The van der Waals surface area contributed by atoms with Gasteiger partial charge in [-0.2, -0.15) is 15.5 Å². The van der Waals surface area contributed by atoms with Crippen molar-refractivity contribution < 1.29 is 28.2 Å². The van der Waals surface area contributed by atoms with Crippen molar-refractivity contribution in [2.24, 2.45) is 17.8 Å². The standard InChI is InChI=1S/C48H56FN13O5/c1-48(2,3)67-47(65)52-23-33-34-25-60(26-35(33)34)42-11-5-28(20-51-42)44-45-29(19-50)21-54-62(45)27-39(56-44)30-22-53-61(24-30)32-8-6-31(7-9-32)58-13-15-59(16-14-58)40-18-41(66-4)38(17-36(40)49)55-37-10-12-43(63)57-46(37)64/h5,11,17-18,20-22,24,27,31-35,37,55H,6-10,12-16,23,25-26H2,1-4H3,(H,52,65)(H,57,63,64)/t31?,32?,33?,34-,35+,37?. The average Bonchev–Trinajstić information content (AvgIpc) is 3.78. The second-order valence-electron chi connectivity index (χ2n) is 19.5. The number of carbonyl (C=O) groups is 3. The number of nitrogens with one attached hydrogen (secondary N) is 3. The van der Waals surface area contributed by atoms with Crippen LogP contribution in [-0.2, 0) is 14.3 Å². The number of aromatic nitrogens is 6. The number of pyridine rings is 1. The molecule has 350 valence electrons. The summed E-state index contributed by atoms with van der Waals surface area (Å²) in [4.78, 5) is 52.9. The van der Waals surface area contributed by atoms with Gasteiger partial charge in [0.1, 0.15) is 46.2 Å². The predicted molar refractivity (Wildman–Crippen MR) is 247 cm³/mol. The van der Waals surface area contributed by atoms with Gasteiger partial charge in [-0.1, -0.05) is 0 Å². The Morgan fingerprint density at radius 3 is 2.39 bits per heavy atom. The van der Waals surface area contributed by atoms with Crippen LogP contribution in [0.4, 0.5) is 26.4 Å². The quantitative estimate of drug-likeness (QED) is 0.142. The van der Waals surface area contributed by atoms with Gasteiger partial charge in [0.05, 0.1) is 54.5 Å². The Hall–Kier alpha value is -6.81.